The van der Waals surface area contributed by atoms with E-state index in [0.29, 0.717) is 6.61 Å². The van der Waals surface area contributed by atoms with Crippen molar-refractivity contribution < 1.29 is 14.2 Å². The van der Waals surface area contributed by atoms with Crippen LogP contribution in [-0.4, -0.2) is 48.8 Å². The minimum absolute atomic E-state index is 0.112. The maximum absolute atomic E-state index is 6.10. The Bertz CT molecular complexity index is 991. The quantitative estimate of drug-likeness (QED) is 0.617. The van der Waals surface area contributed by atoms with Gasteiger partial charge in [-0.1, -0.05) is 12.1 Å². The van der Waals surface area contributed by atoms with Gasteiger partial charge in [0.15, 0.2) is 0 Å². The summed E-state index contributed by atoms with van der Waals surface area (Å²) in [5, 5.41) is 3.35. The molecule has 1 aliphatic rings. The monoisotopic (exact) mass is 420 g/mol. The zero-order valence-corrected chi connectivity index (χ0v) is 18.2. The van der Waals surface area contributed by atoms with Crippen LogP contribution in [0.2, 0.25) is 0 Å². The Morgan fingerprint density at radius 2 is 1.90 bits per heavy atom. The fraction of sp³-hybridized carbons (Fsp3) is 0.333. The van der Waals surface area contributed by atoms with E-state index >= 15 is 0 Å². The lowest BCUT2D eigenvalue weighted by atomic mass is 10.1. The molecule has 1 aliphatic heterocycles. The molecule has 2 aromatic heterocycles. The Hall–Kier alpha value is -3.16. The van der Waals surface area contributed by atoms with Gasteiger partial charge in [-0.05, 0) is 43.3 Å². The molecule has 7 nitrogen and oxygen atoms in total. The van der Waals surface area contributed by atoms with E-state index in [9.17, 15) is 0 Å². The highest BCUT2D eigenvalue weighted by Crippen LogP contribution is 2.32. The van der Waals surface area contributed by atoms with Crippen LogP contribution < -0.4 is 14.8 Å². The number of aromatic nitrogens is 2. The number of rotatable bonds is 7. The molecule has 1 atom stereocenters. The van der Waals surface area contributed by atoms with E-state index in [4.69, 9.17) is 19.2 Å². The third-order valence-corrected chi connectivity index (χ3v) is 5.30. The van der Waals surface area contributed by atoms with Gasteiger partial charge in [0, 0.05) is 37.2 Å². The van der Waals surface area contributed by atoms with Crippen molar-refractivity contribution in [3.05, 3.63) is 71.7 Å². The highest BCUT2D eigenvalue weighted by Gasteiger charge is 2.25. The van der Waals surface area contributed by atoms with Crippen LogP contribution in [0.5, 0.6) is 11.5 Å². The Labute approximate surface area is 183 Å². The molecule has 7 heteroatoms. The number of pyridine rings is 2. The van der Waals surface area contributed by atoms with Crippen molar-refractivity contribution >= 4 is 11.5 Å². The summed E-state index contributed by atoms with van der Waals surface area (Å²) in [6.45, 7) is 4.93. The van der Waals surface area contributed by atoms with Crippen molar-refractivity contribution in [3.63, 3.8) is 0 Å². The van der Waals surface area contributed by atoms with Crippen LogP contribution in [0.25, 0.3) is 0 Å². The van der Waals surface area contributed by atoms with Crippen LogP contribution in [0.1, 0.15) is 23.1 Å². The summed E-state index contributed by atoms with van der Waals surface area (Å²) in [6, 6.07) is 15.7. The molecule has 0 radical (unpaired) electrons. The zero-order valence-electron chi connectivity index (χ0n) is 18.2. The van der Waals surface area contributed by atoms with Gasteiger partial charge in [-0.15, -0.1) is 0 Å². The maximum atomic E-state index is 6.10. The molecule has 0 saturated carbocycles. The third-order valence-electron chi connectivity index (χ3n) is 5.30. The highest BCUT2D eigenvalue weighted by molar-refractivity contribution is 5.56. The minimum Gasteiger partial charge on any atom is -0.496 e. The molecule has 0 amide bonds. The summed E-state index contributed by atoms with van der Waals surface area (Å²) in [4.78, 5) is 11.4. The molecular weight excluding hydrogens is 392 g/mol. The Morgan fingerprint density at radius 1 is 1.10 bits per heavy atom. The summed E-state index contributed by atoms with van der Waals surface area (Å²) in [5.74, 6) is 2.46. The van der Waals surface area contributed by atoms with Crippen LogP contribution in [0.4, 0.5) is 11.5 Å². The third kappa shape index (κ3) is 5.13. The number of aryl methyl sites for hydroxylation is 1. The van der Waals surface area contributed by atoms with Gasteiger partial charge in [-0.2, -0.15) is 0 Å². The predicted molar refractivity (Wildman–Crippen MR) is 120 cm³/mol. The van der Waals surface area contributed by atoms with Crippen LogP contribution in [0.3, 0.4) is 0 Å². The molecule has 3 heterocycles. The van der Waals surface area contributed by atoms with Crippen molar-refractivity contribution in [2.24, 2.45) is 0 Å². The van der Waals surface area contributed by atoms with E-state index in [2.05, 4.69) is 15.2 Å². The average Bonchev–Trinajstić information content (AvgIpc) is 2.79. The standard InChI is InChI=1S/C24H28N4O3/c1-17-13-18(27-24-9-4-5-10-25-24)14-20(26-17)23-16-28(11-12-31-23)15-19-21(29-2)7-6-8-22(19)30-3/h4-10,13-14,23H,11-12,15-16H2,1-3H3,(H,25,26,27). The highest BCUT2D eigenvalue weighted by atomic mass is 16.5. The van der Waals surface area contributed by atoms with Crippen LogP contribution in [-0.2, 0) is 11.3 Å². The van der Waals surface area contributed by atoms with Gasteiger partial charge < -0.3 is 19.5 Å². The molecule has 0 spiro atoms. The Balaban J connectivity index is 1.51. The number of hydrogen-bond donors (Lipinski definition) is 1. The second kappa shape index (κ2) is 9.76. The van der Waals surface area contributed by atoms with E-state index in [1.54, 1.807) is 20.4 Å². The second-order valence-corrected chi connectivity index (χ2v) is 7.50. The summed E-state index contributed by atoms with van der Waals surface area (Å²) >= 11 is 0. The maximum Gasteiger partial charge on any atom is 0.130 e. The van der Waals surface area contributed by atoms with E-state index in [1.165, 1.54) is 0 Å². The molecule has 1 fully saturated rings. The average molecular weight is 421 g/mol. The normalized spacial score (nSPS) is 16.7. The Morgan fingerprint density at radius 3 is 2.61 bits per heavy atom. The molecule has 1 saturated heterocycles. The van der Waals surface area contributed by atoms with Crippen LogP contribution >= 0.6 is 0 Å². The van der Waals surface area contributed by atoms with Crippen LogP contribution in [0, 0.1) is 6.92 Å². The number of hydrogen-bond acceptors (Lipinski definition) is 7. The molecule has 1 unspecified atom stereocenters. The SMILES string of the molecule is COc1cccc(OC)c1CN1CCOC(c2cc(Nc3ccccn3)cc(C)n2)C1. The number of anilines is 2. The first-order valence-corrected chi connectivity index (χ1v) is 10.4. The Kier molecular flexibility index (Phi) is 6.64. The van der Waals surface area contributed by atoms with Crippen molar-refractivity contribution in [1.82, 2.24) is 14.9 Å². The molecule has 31 heavy (non-hydrogen) atoms. The molecule has 3 aromatic rings. The molecule has 0 aliphatic carbocycles. The second-order valence-electron chi connectivity index (χ2n) is 7.50. The van der Waals surface area contributed by atoms with E-state index in [0.717, 1.165) is 59.6 Å². The summed E-state index contributed by atoms with van der Waals surface area (Å²) in [7, 11) is 3.38. The molecule has 1 aromatic carbocycles. The lowest BCUT2D eigenvalue weighted by Gasteiger charge is -2.33. The van der Waals surface area contributed by atoms with Gasteiger partial charge in [0.25, 0.3) is 0 Å². The lowest BCUT2D eigenvalue weighted by molar-refractivity contribution is -0.0353. The minimum atomic E-state index is -0.112. The van der Waals surface area contributed by atoms with Gasteiger partial charge >= 0.3 is 0 Å². The first-order valence-electron chi connectivity index (χ1n) is 10.4. The number of nitrogens with one attached hydrogen (secondary N) is 1. The van der Waals surface area contributed by atoms with Crippen molar-refractivity contribution in [2.45, 2.75) is 19.6 Å². The van der Waals surface area contributed by atoms with Gasteiger partial charge in [0.05, 0.1) is 32.1 Å². The molecular formula is C24H28N4O3. The molecule has 4 rings (SSSR count). The van der Waals surface area contributed by atoms with Gasteiger partial charge in [0.1, 0.15) is 23.4 Å². The number of ether oxygens (including phenoxy) is 3. The number of benzene rings is 1. The zero-order chi connectivity index (χ0) is 21.6. The summed E-state index contributed by atoms with van der Waals surface area (Å²) < 4.78 is 17.2. The fourth-order valence-electron chi connectivity index (χ4n) is 3.85. The fourth-order valence-corrected chi connectivity index (χ4v) is 3.85. The van der Waals surface area contributed by atoms with Gasteiger partial charge in [-0.25, -0.2) is 4.98 Å². The van der Waals surface area contributed by atoms with Gasteiger partial charge in [-0.3, -0.25) is 9.88 Å². The summed E-state index contributed by atoms with van der Waals surface area (Å²) in [6.07, 6.45) is 1.66. The summed E-state index contributed by atoms with van der Waals surface area (Å²) in [5.41, 5.74) is 3.84. The first kappa shape index (κ1) is 21.1. The van der Waals surface area contributed by atoms with Crippen molar-refractivity contribution in [3.8, 4) is 11.5 Å². The molecule has 162 valence electrons. The van der Waals surface area contributed by atoms with E-state index < -0.39 is 0 Å². The topological polar surface area (TPSA) is 68.7 Å². The van der Waals surface area contributed by atoms with Gasteiger partial charge in [0.2, 0.25) is 0 Å². The smallest absolute Gasteiger partial charge is 0.130 e. The van der Waals surface area contributed by atoms with Crippen molar-refractivity contribution in [1.29, 1.82) is 0 Å². The number of methoxy groups -OCH3 is 2. The predicted octanol–water partition coefficient (Wildman–Crippen LogP) is 4.12. The molecule has 0 bridgehead atoms. The lowest BCUT2D eigenvalue weighted by Crippen LogP contribution is -2.38. The van der Waals surface area contributed by atoms with E-state index in [-0.39, 0.29) is 6.10 Å². The largest absolute Gasteiger partial charge is 0.496 e. The number of morpholine rings is 1. The number of nitrogens with zero attached hydrogens (tertiary/aromatic N) is 3. The van der Waals surface area contributed by atoms with Crippen molar-refractivity contribution in [2.75, 3.05) is 39.2 Å². The van der Waals surface area contributed by atoms with E-state index in [1.807, 2.05) is 55.5 Å². The molecule has 1 N–H and O–H groups in total. The first-order chi connectivity index (χ1) is 15.2. The van der Waals surface area contributed by atoms with Crippen LogP contribution in [0.15, 0.2) is 54.7 Å².